The highest BCUT2D eigenvalue weighted by Crippen LogP contribution is 2.15. The molecule has 0 aromatic heterocycles. The van der Waals surface area contributed by atoms with E-state index in [-0.39, 0.29) is 24.5 Å². The van der Waals surface area contributed by atoms with E-state index in [2.05, 4.69) is 5.32 Å². The number of aliphatic hydroxyl groups excluding tert-OH is 1. The van der Waals surface area contributed by atoms with Crippen molar-refractivity contribution in [3.05, 3.63) is 29.8 Å². The van der Waals surface area contributed by atoms with Crippen LogP contribution in [-0.4, -0.2) is 61.2 Å². The van der Waals surface area contributed by atoms with Crippen LogP contribution in [0.1, 0.15) is 30.1 Å². The van der Waals surface area contributed by atoms with E-state index in [9.17, 15) is 9.59 Å². The molecule has 126 valence electrons. The highest BCUT2D eigenvalue weighted by atomic mass is 16.3. The number of aliphatic hydroxyl groups is 1. The first-order chi connectivity index (χ1) is 11.0. The Morgan fingerprint density at radius 3 is 2.70 bits per heavy atom. The summed E-state index contributed by atoms with van der Waals surface area (Å²) in [7, 11) is 1.89. The number of likely N-dealkylation sites (tertiary alicyclic amines) is 1. The van der Waals surface area contributed by atoms with Crippen molar-refractivity contribution in [1.82, 2.24) is 10.2 Å². The summed E-state index contributed by atoms with van der Waals surface area (Å²) in [5.74, 6) is -0.0457. The summed E-state index contributed by atoms with van der Waals surface area (Å²) < 4.78 is 0. The minimum atomic E-state index is -0.155. The van der Waals surface area contributed by atoms with E-state index >= 15 is 0 Å². The summed E-state index contributed by atoms with van der Waals surface area (Å²) in [5, 5.41) is 11.9. The van der Waals surface area contributed by atoms with Crippen molar-refractivity contribution in [2.45, 2.75) is 25.8 Å². The van der Waals surface area contributed by atoms with Crippen LogP contribution in [0.15, 0.2) is 24.3 Å². The van der Waals surface area contributed by atoms with Gasteiger partial charge in [-0.2, -0.15) is 0 Å². The van der Waals surface area contributed by atoms with E-state index in [4.69, 9.17) is 5.11 Å². The lowest BCUT2D eigenvalue weighted by Gasteiger charge is -2.18. The van der Waals surface area contributed by atoms with Crippen LogP contribution < -0.4 is 10.2 Å². The molecule has 0 spiro atoms. The largest absolute Gasteiger partial charge is 0.395 e. The second-order valence-corrected chi connectivity index (χ2v) is 5.91. The van der Waals surface area contributed by atoms with Gasteiger partial charge in [0.1, 0.15) is 0 Å². The quantitative estimate of drug-likeness (QED) is 0.782. The summed E-state index contributed by atoms with van der Waals surface area (Å²) in [6.07, 6.45) is 1.30. The lowest BCUT2D eigenvalue weighted by atomic mass is 10.1. The van der Waals surface area contributed by atoms with Gasteiger partial charge in [0.05, 0.1) is 12.6 Å². The molecule has 2 N–H and O–H groups in total. The zero-order valence-corrected chi connectivity index (χ0v) is 13.8. The van der Waals surface area contributed by atoms with Gasteiger partial charge in [-0.05, 0) is 30.7 Å². The number of rotatable bonds is 7. The highest BCUT2D eigenvalue weighted by molar-refractivity contribution is 5.95. The lowest BCUT2D eigenvalue weighted by Crippen LogP contribution is -2.37. The zero-order valence-electron chi connectivity index (χ0n) is 13.8. The van der Waals surface area contributed by atoms with Crippen molar-refractivity contribution in [2.24, 2.45) is 0 Å². The molecule has 6 heteroatoms. The minimum Gasteiger partial charge on any atom is -0.395 e. The molecular formula is C17H25N3O3. The Balaban J connectivity index is 1.92. The topological polar surface area (TPSA) is 72.9 Å². The SMILES string of the molecule is CCCN1CC(NC(=O)c2ccc(N(C)CCO)cc2)CC1=O. The van der Waals surface area contributed by atoms with Gasteiger partial charge in [0.2, 0.25) is 5.91 Å². The van der Waals surface area contributed by atoms with Crippen molar-refractivity contribution in [2.75, 3.05) is 38.2 Å². The van der Waals surface area contributed by atoms with Gasteiger partial charge in [0.25, 0.3) is 5.91 Å². The maximum Gasteiger partial charge on any atom is 0.251 e. The molecule has 0 radical (unpaired) electrons. The Hall–Kier alpha value is -2.08. The predicted octanol–water partition coefficient (Wildman–Crippen LogP) is 0.856. The van der Waals surface area contributed by atoms with Crippen LogP contribution in [0.2, 0.25) is 0 Å². The summed E-state index contributed by atoms with van der Waals surface area (Å²) in [5.41, 5.74) is 1.52. The number of anilines is 1. The summed E-state index contributed by atoms with van der Waals surface area (Å²) in [6, 6.07) is 7.12. The fourth-order valence-corrected chi connectivity index (χ4v) is 2.77. The average Bonchev–Trinajstić information content (AvgIpc) is 2.87. The maximum atomic E-state index is 12.3. The number of nitrogens with zero attached hydrogens (tertiary/aromatic N) is 2. The minimum absolute atomic E-state index is 0.0860. The van der Waals surface area contributed by atoms with Gasteiger partial charge >= 0.3 is 0 Å². The van der Waals surface area contributed by atoms with Crippen molar-refractivity contribution in [3.63, 3.8) is 0 Å². The fraction of sp³-hybridized carbons (Fsp3) is 0.529. The molecule has 2 amide bonds. The van der Waals surface area contributed by atoms with Gasteiger partial charge in [-0.3, -0.25) is 9.59 Å². The molecule has 1 aliphatic heterocycles. The van der Waals surface area contributed by atoms with E-state index in [0.717, 1.165) is 18.7 Å². The molecule has 0 saturated carbocycles. The molecule has 1 aromatic carbocycles. The first-order valence-electron chi connectivity index (χ1n) is 8.05. The summed E-state index contributed by atoms with van der Waals surface area (Å²) >= 11 is 0. The Kier molecular flexibility index (Phi) is 5.98. The summed E-state index contributed by atoms with van der Waals surface area (Å²) in [4.78, 5) is 27.8. The molecule has 23 heavy (non-hydrogen) atoms. The number of hydrogen-bond donors (Lipinski definition) is 2. The van der Waals surface area contributed by atoms with E-state index in [0.29, 0.717) is 25.1 Å². The van der Waals surface area contributed by atoms with E-state index in [1.807, 2.05) is 31.0 Å². The van der Waals surface area contributed by atoms with Crippen LogP contribution in [0.4, 0.5) is 5.69 Å². The smallest absolute Gasteiger partial charge is 0.251 e. The first-order valence-corrected chi connectivity index (χ1v) is 8.05. The van der Waals surface area contributed by atoms with E-state index < -0.39 is 0 Å². The highest BCUT2D eigenvalue weighted by Gasteiger charge is 2.29. The monoisotopic (exact) mass is 319 g/mol. The van der Waals surface area contributed by atoms with Crippen LogP contribution in [0.3, 0.4) is 0 Å². The second-order valence-electron chi connectivity index (χ2n) is 5.91. The molecule has 1 atom stereocenters. The normalized spacial score (nSPS) is 17.4. The molecular weight excluding hydrogens is 294 g/mol. The molecule has 1 aromatic rings. The van der Waals surface area contributed by atoms with Gasteiger partial charge < -0.3 is 20.2 Å². The molecule has 0 aliphatic carbocycles. The van der Waals surface area contributed by atoms with Crippen LogP contribution in [-0.2, 0) is 4.79 Å². The third-order valence-electron chi connectivity index (χ3n) is 4.05. The Morgan fingerprint density at radius 2 is 2.09 bits per heavy atom. The van der Waals surface area contributed by atoms with Crippen LogP contribution in [0, 0.1) is 0 Å². The van der Waals surface area contributed by atoms with E-state index in [1.165, 1.54) is 0 Å². The summed E-state index contributed by atoms with van der Waals surface area (Å²) in [6.45, 7) is 4.01. The number of nitrogens with one attached hydrogen (secondary N) is 1. The molecule has 1 unspecified atom stereocenters. The first kappa shape index (κ1) is 17.3. The Labute approximate surface area is 137 Å². The number of carbonyl (C=O) groups excluding carboxylic acids is 2. The molecule has 1 fully saturated rings. The third-order valence-corrected chi connectivity index (χ3v) is 4.05. The number of carbonyl (C=O) groups is 2. The van der Waals surface area contributed by atoms with Crippen LogP contribution >= 0.6 is 0 Å². The zero-order chi connectivity index (χ0) is 16.8. The fourth-order valence-electron chi connectivity index (χ4n) is 2.77. The molecule has 6 nitrogen and oxygen atoms in total. The number of likely N-dealkylation sites (N-methyl/N-ethyl adjacent to an activating group) is 1. The van der Waals surface area contributed by atoms with Crippen molar-refractivity contribution in [3.8, 4) is 0 Å². The standard InChI is InChI=1S/C17H25N3O3/c1-3-8-20-12-14(11-16(20)22)18-17(23)13-4-6-15(7-5-13)19(2)9-10-21/h4-7,14,21H,3,8-12H2,1-2H3,(H,18,23). The van der Waals surface area contributed by atoms with Crippen LogP contribution in [0.5, 0.6) is 0 Å². The number of amides is 2. The van der Waals surface area contributed by atoms with Gasteiger partial charge in [0.15, 0.2) is 0 Å². The van der Waals surface area contributed by atoms with Crippen LogP contribution in [0.25, 0.3) is 0 Å². The van der Waals surface area contributed by atoms with Crippen molar-refractivity contribution >= 4 is 17.5 Å². The van der Waals surface area contributed by atoms with Gasteiger partial charge in [0, 0.05) is 44.4 Å². The average molecular weight is 319 g/mol. The Bertz CT molecular complexity index is 545. The molecule has 0 bridgehead atoms. The number of hydrogen-bond acceptors (Lipinski definition) is 4. The van der Waals surface area contributed by atoms with Gasteiger partial charge in [-0.25, -0.2) is 0 Å². The second kappa shape index (κ2) is 7.97. The third kappa shape index (κ3) is 4.45. The van der Waals surface area contributed by atoms with Crippen molar-refractivity contribution in [1.29, 1.82) is 0 Å². The van der Waals surface area contributed by atoms with Gasteiger partial charge in [-0.1, -0.05) is 6.92 Å². The van der Waals surface area contributed by atoms with Gasteiger partial charge in [-0.15, -0.1) is 0 Å². The molecule has 1 aliphatic rings. The van der Waals surface area contributed by atoms with E-state index in [1.54, 1.807) is 17.0 Å². The Morgan fingerprint density at radius 1 is 1.39 bits per heavy atom. The molecule has 1 heterocycles. The molecule has 1 saturated heterocycles. The molecule has 2 rings (SSSR count). The predicted molar refractivity (Wildman–Crippen MR) is 89.5 cm³/mol. The number of benzene rings is 1. The maximum absolute atomic E-state index is 12.3. The lowest BCUT2D eigenvalue weighted by molar-refractivity contribution is -0.127. The van der Waals surface area contributed by atoms with Crippen molar-refractivity contribution < 1.29 is 14.7 Å².